The summed E-state index contributed by atoms with van der Waals surface area (Å²) in [4.78, 5) is 10.7. The Hall–Kier alpha value is -1.35. The van der Waals surface area contributed by atoms with Gasteiger partial charge in [-0.1, -0.05) is 18.2 Å². The van der Waals surface area contributed by atoms with Crippen LogP contribution < -0.4 is 0 Å². The maximum absolute atomic E-state index is 10.7. The Kier molecular flexibility index (Phi) is 1.61. The average Bonchev–Trinajstić information content (AvgIpc) is 2.56. The molecule has 0 amide bonds. The highest BCUT2D eigenvalue weighted by Crippen LogP contribution is 2.38. The second kappa shape index (κ2) is 2.82. The van der Waals surface area contributed by atoms with Crippen LogP contribution in [0.2, 0.25) is 0 Å². The molecule has 1 saturated heterocycles. The molecule has 0 saturated carbocycles. The van der Waals surface area contributed by atoms with E-state index in [-0.39, 0.29) is 12.1 Å². The first-order chi connectivity index (χ1) is 6.84. The Bertz CT molecular complexity index is 493. The number of rotatable bonds is 1. The van der Waals surface area contributed by atoms with Gasteiger partial charge in [-0.15, -0.1) is 11.3 Å². The fourth-order valence-electron chi connectivity index (χ4n) is 1.72. The SMILES string of the molecule is O=C1CC(c2csc3ccccc23)O1. The second-order valence-electron chi connectivity index (χ2n) is 3.37. The summed E-state index contributed by atoms with van der Waals surface area (Å²) in [6.45, 7) is 0. The van der Waals surface area contributed by atoms with E-state index in [1.54, 1.807) is 11.3 Å². The molecule has 1 aromatic heterocycles. The maximum Gasteiger partial charge on any atom is 0.310 e. The van der Waals surface area contributed by atoms with Crippen molar-refractivity contribution in [3.8, 4) is 0 Å². The van der Waals surface area contributed by atoms with Gasteiger partial charge < -0.3 is 4.74 Å². The summed E-state index contributed by atoms with van der Waals surface area (Å²) in [6.07, 6.45) is 0.527. The van der Waals surface area contributed by atoms with Crippen molar-refractivity contribution in [3.05, 3.63) is 35.2 Å². The van der Waals surface area contributed by atoms with Crippen molar-refractivity contribution in [2.45, 2.75) is 12.5 Å². The van der Waals surface area contributed by atoms with E-state index >= 15 is 0 Å². The first kappa shape index (κ1) is 8.00. The van der Waals surface area contributed by atoms with Crippen molar-refractivity contribution in [2.24, 2.45) is 0 Å². The van der Waals surface area contributed by atoms with Crippen LogP contribution in [0.1, 0.15) is 18.1 Å². The van der Waals surface area contributed by atoms with Gasteiger partial charge in [0.25, 0.3) is 0 Å². The van der Waals surface area contributed by atoms with E-state index in [1.807, 2.05) is 12.1 Å². The van der Waals surface area contributed by atoms with E-state index in [9.17, 15) is 4.79 Å². The Labute approximate surface area is 85.1 Å². The highest BCUT2D eigenvalue weighted by molar-refractivity contribution is 7.17. The lowest BCUT2D eigenvalue weighted by Gasteiger charge is -2.25. The van der Waals surface area contributed by atoms with Crippen LogP contribution in [-0.2, 0) is 9.53 Å². The summed E-state index contributed by atoms with van der Waals surface area (Å²) in [6, 6.07) is 8.20. The molecule has 0 N–H and O–H groups in total. The van der Waals surface area contributed by atoms with Gasteiger partial charge in [-0.3, -0.25) is 4.79 Å². The van der Waals surface area contributed by atoms with Crippen molar-refractivity contribution in [1.82, 2.24) is 0 Å². The average molecular weight is 204 g/mol. The third-order valence-electron chi connectivity index (χ3n) is 2.48. The molecule has 70 valence electrons. The lowest BCUT2D eigenvalue weighted by molar-refractivity contribution is -0.169. The molecule has 3 heteroatoms. The number of carbonyl (C=O) groups is 1. The Morgan fingerprint density at radius 2 is 2.14 bits per heavy atom. The summed E-state index contributed by atoms with van der Waals surface area (Å²) in [5.41, 5.74) is 1.16. The Morgan fingerprint density at radius 1 is 1.36 bits per heavy atom. The van der Waals surface area contributed by atoms with Gasteiger partial charge >= 0.3 is 5.97 Å². The molecule has 2 aromatic rings. The van der Waals surface area contributed by atoms with Gasteiger partial charge in [0.05, 0.1) is 6.42 Å². The zero-order valence-corrected chi connectivity index (χ0v) is 8.21. The molecule has 1 aromatic carbocycles. The van der Waals surface area contributed by atoms with Crippen molar-refractivity contribution < 1.29 is 9.53 Å². The van der Waals surface area contributed by atoms with Gasteiger partial charge in [-0.2, -0.15) is 0 Å². The number of cyclic esters (lactones) is 1. The van der Waals surface area contributed by atoms with Crippen molar-refractivity contribution in [1.29, 1.82) is 0 Å². The molecule has 1 aliphatic rings. The first-order valence-corrected chi connectivity index (χ1v) is 5.38. The van der Waals surface area contributed by atoms with Gasteiger partial charge in [-0.25, -0.2) is 0 Å². The molecule has 0 bridgehead atoms. The number of thiophene rings is 1. The molecule has 3 rings (SSSR count). The van der Waals surface area contributed by atoms with Gasteiger partial charge in [0.2, 0.25) is 0 Å². The summed E-state index contributed by atoms with van der Waals surface area (Å²) in [5.74, 6) is -0.0923. The van der Waals surface area contributed by atoms with Crippen LogP contribution in [0.15, 0.2) is 29.6 Å². The van der Waals surface area contributed by atoms with Gasteiger partial charge in [0.1, 0.15) is 6.10 Å². The Balaban J connectivity index is 2.09. The fraction of sp³-hybridized carbons (Fsp3) is 0.182. The molecule has 1 unspecified atom stereocenters. The van der Waals surface area contributed by atoms with Gasteiger partial charge in [-0.05, 0) is 16.8 Å². The third kappa shape index (κ3) is 1.06. The molecule has 1 aliphatic heterocycles. The number of benzene rings is 1. The van der Waals surface area contributed by atoms with Gasteiger partial charge in [0.15, 0.2) is 0 Å². The minimum atomic E-state index is -0.0923. The topological polar surface area (TPSA) is 26.3 Å². The monoisotopic (exact) mass is 204 g/mol. The number of fused-ring (bicyclic) bond motifs is 1. The van der Waals surface area contributed by atoms with Crippen LogP contribution in [0.4, 0.5) is 0 Å². The second-order valence-corrected chi connectivity index (χ2v) is 4.28. The predicted octanol–water partition coefficient (Wildman–Crippen LogP) is 2.89. The van der Waals surface area contributed by atoms with Crippen LogP contribution >= 0.6 is 11.3 Å². The fourth-order valence-corrected chi connectivity index (χ4v) is 2.72. The van der Waals surface area contributed by atoms with Crippen LogP contribution in [0.3, 0.4) is 0 Å². The number of carbonyl (C=O) groups excluding carboxylic acids is 1. The van der Waals surface area contributed by atoms with Crippen molar-refractivity contribution >= 4 is 27.4 Å². The molecular weight excluding hydrogens is 196 g/mol. The lowest BCUT2D eigenvalue weighted by Crippen LogP contribution is -2.24. The van der Waals surface area contributed by atoms with Crippen LogP contribution in [-0.4, -0.2) is 5.97 Å². The maximum atomic E-state index is 10.7. The van der Waals surface area contributed by atoms with Crippen molar-refractivity contribution in [2.75, 3.05) is 0 Å². The number of ether oxygens (including phenoxy) is 1. The summed E-state index contributed by atoms with van der Waals surface area (Å²) in [5, 5.41) is 3.30. The minimum Gasteiger partial charge on any atom is -0.457 e. The smallest absolute Gasteiger partial charge is 0.310 e. The van der Waals surface area contributed by atoms with Gasteiger partial charge in [0, 0.05) is 10.3 Å². The summed E-state index contributed by atoms with van der Waals surface area (Å²) in [7, 11) is 0. The number of esters is 1. The normalized spacial score (nSPS) is 20.6. The van der Waals surface area contributed by atoms with Crippen LogP contribution in [0.5, 0.6) is 0 Å². The van der Waals surface area contributed by atoms with E-state index < -0.39 is 0 Å². The molecule has 0 aliphatic carbocycles. The molecular formula is C11H8O2S. The molecule has 0 spiro atoms. The van der Waals surface area contributed by atoms with E-state index in [4.69, 9.17) is 4.74 Å². The standard InChI is InChI=1S/C11H8O2S/c12-11-5-9(13-11)8-6-14-10-4-2-1-3-7(8)10/h1-4,6,9H,5H2. The predicted molar refractivity (Wildman–Crippen MR) is 55.3 cm³/mol. The molecule has 2 nitrogen and oxygen atoms in total. The quantitative estimate of drug-likeness (QED) is 0.667. The summed E-state index contributed by atoms with van der Waals surface area (Å²) >= 11 is 1.70. The van der Waals surface area contributed by atoms with Crippen LogP contribution in [0, 0.1) is 0 Å². The highest BCUT2D eigenvalue weighted by Gasteiger charge is 2.31. The zero-order valence-electron chi connectivity index (χ0n) is 7.40. The molecule has 1 fully saturated rings. The van der Waals surface area contributed by atoms with E-state index in [1.165, 1.54) is 10.1 Å². The molecule has 0 radical (unpaired) electrons. The largest absolute Gasteiger partial charge is 0.457 e. The van der Waals surface area contributed by atoms with E-state index in [0.717, 1.165) is 5.56 Å². The number of hydrogen-bond acceptors (Lipinski definition) is 3. The van der Waals surface area contributed by atoms with E-state index in [2.05, 4.69) is 17.5 Å². The van der Waals surface area contributed by atoms with Crippen molar-refractivity contribution in [3.63, 3.8) is 0 Å². The lowest BCUT2D eigenvalue weighted by atomic mass is 10.0. The van der Waals surface area contributed by atoms with Crippen LogP contribution in [0.25, 0.3) is 10.1 Å². The molecule has 14 heavy (non-hydrogen) atoms. The molecule has 2 heterocycles. The first-order valence-electron chi connectivity index (χ1n) is 4.50. The zero-order chi connectivity index (χ0) is 9.54. The third-order valence-corrected chi connectivity index (χ3v) is 3.47. The summed E-state index contributed by atoms with van der Waals surface area (Å²) < 4.78 is 6.31. The minimum absolute atomic E-state index is 0.00125. The Morgan fingerprint density at radius 3 is 2.93 bits per heavy atom. The highest BCUT2D eigenvalue weighted by atomic mass is 32.1. The number of hydrogen-bond donors (Lipinski definition) is 0. The van der Waals surface area contributed by atoms with E-state index in [0.29, 0.717) is 6.42 Å². The molecule has 1 atom stereocenters.